The molecule has 3 N–H and O–H groups in total. The van der Waals surface area contributed by atoms with Crippen LogP contribution in [0.2, 0.25) is 0 Å². The number of halogens is 1. The number of carbonyl (C=O) groups is 5. The average Bonchev–Trinajstić information content (AvgIpc) is 3.50. The van der Waals surface area contributed by atoms with Crippen molar-refractivity contribution in [1.29, 1.82) is 0 Å². The Bertz CT molecular complexity index is 2570. The quantitative estimate of drug-likeness (QED) is 0.186. The highest BCUT2D eigenvalue weighted by molar-refractivity contribution is 6.23. The fourth-order valence-corrected chi connectivity index (χ4v) is 9.77. The van der Waals surface area contributed by atoms with E-state index in [4.69, 9.17) is 4.74 Å². The summed E-state index contributed by atoms with van der Waals surface area (Å²) >= 11 is 0. The number of aromatic nitrogens is 3. The third-order valence-electron chi connectivity index (χ3n) is 13.3. The molecule has 1 spiro atoms. The van der Waals surface area contributed by atoms with E-state index in [9.17, 15) is 28.8 Å². The lowest BCUT2D eigenvalue weighted by molar-refractivity contribution is -0.136. The number of carbonyl (C=O) groups excluding carboxylic acids is 5. The number of anilines is 4. The number of hydrogen-bond donors (Lipinski definition) is 3. The molecule has 1 unspecified atom stereocenters. The number of likely N-dealkylation sites (tertiary alicyclic amines) is 1. The number of hydrogen-bond acceptors (Lipinski definition) is 13. The topological polar surface area (TPSA) is 191 Å². The summed E-state index contributed by atoms with van der Waals surface area (Å²) in [5, 5.41) is 8.50. The second kappa shape index (κ2) is 16.7. The summed E-state index contributed by atoms with van der Waals surface area (Å²) in [5.41, 5.74) is 2.58. The molecule has 7 heterocycles. The lowest BCUT2D eigenvalue weighted by Crippen LogP contribution is -2.60. The first-order chi connectivity index (χ1) is 30.3. The van der Waals surface area contributed by atoms with Crippen LogP contribution >= 0.6 is 0 Å². The smallest absolute Gasteiger partial charge is 0.293 e. The van der Waals surface area contributed by atoms with E-state index in [2.05, 4.69) is 40.6 Å². The Kier molecular flexibility index (Phi) is 11.1. The molecule has 9 rings (SSSR count). The molecule has 17 nitrogen and oxygen atoms in total. The van der Waals surface area contributed by atoms with E-state index in [-0.39, 0.29) is 59.5 Å². The molecular weight excluding hydrogens is 812 g/mol. The molecule has 1 atom stereocenters. The minimum Gasteiger partial charge on any atom is -0.478 e. The maximum Gasteiger partial charge on any atom is 0.293 e. The number of amides is 5. The zero-order valence-corrected chi connectivity index (χ0v) is 35.6. The largest absolute Gasteiger partial charge is 0.478 e. The molecule has 4 saturated heterocycles. The highest BCUT2D eigenvalue weighted by Crippen LogP contribution is 2.44. The molecule has 4 aromatic rings. The van der Waals surface area contributed by atoms with Crippen LogP contribution in [0.5, 0.6) is 5.75 Å². The number of benzene rings is 2. The summed E-state index contributed by atoms with van der Waals surface area (Å²) in [7, 11) is 1.49. The van der Waals surface area contributed by atoms with Crippen molar-refractivity contribution < 1.29 is 33.1 Å². The Balaban J connectivity index is 0.765. The molecule has 2 aromatic carbocycles. The fraction of sp³-hybridized carbons (Fsp3) is 0.467. The molecule has 5 amide bonds. The highest BCUT2D eigenvalue weighted by atomic mass is 19.1. The Morgan fingerprint density at radius 1 is 0.937 bits per heavy atom. The zero-order valence-electron chi connectivity index (χ0n) is 35.6. The Hall–Kier alpha value is -6.43. The average molecular weight is 863 g/mol. The van der Waals surface area contributed by atoms with Crippen LogP contribution in [0.3, 0.4) is 0 Å². The molecule has 4 fully saturated rings. The summed E-state index contributed by atoms with van der Waals surface area (Å²) in [6.07, 6.45) is 5.48. The number of nitrogens with one attached hydrogen (secondary N) is 3. The molecule has 63 heavy (non-hydrogen) atoms. The van der Waals surface area contributed by atoms with Crippen molar-refractivity contribution in [2.24, 2.45) is 11.3 Å². The number of rotatable bonds is 11. The number of imide groups is 2. The van der Waals surface area contributed by atoms with Gasteiger partial charge in [-0.25, -0.2) is 9.37 Å². The van der Waals surface area contributed by atoms with Gasteiger partial charge in [0, 0.05) is 74.4 Å². The number of pyridine rings is 1. The maximum atomic E-state index is 15.2. The van der Waals surface area contributed by atoms with Crippen LogP contribution in [0.25, 0.3) is 10.9 Å². The molecular formula is C45H51FN10O7. The number of likely N-dealkylation sites (N-methyl/N-ethyl adjacent to an activating group) is 1. The number of piperidine rings is 3. The van der Waals surface area contributed by atoms with Crippen molar-refractivity contribution >= 4 is 63.6 Å². The molecule has 0 aliphatic carbocycles. The number of nitrogens with zero attached hydrogens (tertiary/aromatic N) is 7. The minimum absolute atomic E-state index is 0.0442. The monoisotopic (exact) mass is 862 g/mol. The van der Waals surface area contributed by atoms with Crippen molar-refractivity contribution in [3.8, 4) is 5.75 Å². The van der Waals surface area contributed by atoms with Gasteiger partial charge in [0.05, 0.1) is 22.8 Å². The molecule has 5 aliphatic rings. The first-order valence-corrected chi connectivity index (χ1v) is 21.7. The van der Waals surface area contributed by atoms with Crippen LogP contribution in [0.1, 0.15) is 79.1 Å². The van der Waals surface area contributed by atoms with Gasteiger partial charge in [-0.1, -0.05) is 0 Å². The SMILES string of the molecule is CNC(=O)COc1cc2cc(Nc3nc(N4CCC(CN5CCC6(CC5)CN(c5ccc7c(c5)C(=O)N(C5CCC(=O)NC5=O)C7=O)C6)CC4)ncc3F)ccc2n(C(C)C)c1=O. The summed E-state index contributed by atoms with van der Waals surface area (Å²) in [6, 6.07) is 11.1. The molecule has 330 valence electrons. The fourth-order valence-electron chi connectivity index (χ4n) is 9.77. The molecule has 2 aromatic heterocycles. The molecule has 0 saturated carbocycles. The lowest BCUT2D eigenvalue weighted by Gasteiger charge is -2.55. The van der Waals surface area contributed by atoms with Gasteiger partial charge in [0.25, 0.3) is 23.3 Å². The predicted octanol–water partition coefficient (Wildman–Crippen LogP) is 3.60. The second-order valence-electron chi connectivity index (χ2n) is 17.8. The van der Waals surface area contributed by atoms with E-state index in [0.29, 0.717) is 34.0 Å². The van der Waals surface area contributed by atoms with E-state index in [1.807, 2.05) is 19.9 Å². The number of ether oxygens (including phenoxy) is 1. The summed E-state index contributed by atoms with van der Waals surface area (Å²) < 4.78 is 22.3. The van der Waals surface area contributed by atoms with Crippen LogP contribution in [-0.2, 0) is 14.4 Å². The van der Waals surface area contributed by atoms with E-state index < -0.39 is 35.5 Å². The molecule has 5 aliphatic heterocycles. The van der Waals surface area contributed by atoms with Gasteiger partial charge in [0.2, 0.25) is 17.8 Å². The first-order valence-electron chi connectivity index (χ1n) is 21.7. The lowest BCUT2D eigenvalue weighted by atomic mass is 9.71. The Morgan fingerprint density at radius 3 is 2.40 bits per heavy atom. The molecule has 18 heteroatoms. The van der Waals surface area contributed by atoms with Crippen LogP contribution in [0.15, 0.2) is 53.5 Å². The van der Waals surface area contributed by atoms with Gasteiger partial charge in [-0.2, -0.15) is 4.98 Å². The first kappa shape index (κ1) is 41.9. The van der Waals surface area contributed by atoms with Gasteiger partial charge < -0.3 is 34.6 Å². The summed E-state index contributed by atoms with van der Waals surface area (Å²) in [4.78, 5) is 92.5. The summed E-state index contributed by atoms with van der Waals surface area (Å²) in [5.74, 6) is -1.89. The molecule has 0 radical (unpaired) electrons. The van der Waals surface area contributed by atoms with Gasteiger partial charge >= 0.3 is 0 Å². The van der Waals surface area contributed by atoms with Gasteiger partial charge in [0.1, 0.15) is 6.04 Å². The third-order valence-corrected chi connectivity index (χ3v) is 13.3. The van der Waals surface area contributed by atoms with Crippen LogP contribution in [-0.4, -0.2) is 119 Å². The minimum atomic E-state index is -0.983. The van der Waals surface area contributed by atoms with Gasteiger partial charge in [0.15, 0.2) is 24.0 Å². The van der Waals surface area contributed by atoms with Crippen molar-refractivity contribution in [2.45, 2.75) is 64.5 Å². The van der Waals surface area contributed by atoms with Gasteiger partial charge in [-0.3, -0.25) is 39.0 Å². The van der Waals surface area contributed by atoms with Crippen LogP contribution in [0, 0.1) is 17.2 Å². The van der Waals surface area contributed by atoms with Crippen molar-refractivity contribution in [3.63, 3.8) is 0 Å². The maximum absolute atomic E-state index is 15.2. The summed E-state index contributed by atoms with van der Waals surface area (Å²) in [6.45, 7) is 9.78. The third kappa shape index (κ3) is 8.07. The van der Waals surface area contributed by atoms with E-state index >= 15 is 4.39 Å². The Labute approximate surface area is 362 Å². The predicted molar refractivity (Wildman–Crippen MR) is 232 cm³/mol. The zero-order chi connectivity index (χ0) is 44.2. The second-order valence-corrected chi connectivity index (χ2v) is 17.8. The van der Waals surface area contributed by atoms with Crippen LogP contribution < -0.4 is 36.0 Å². The van der Waals surface area contributed by atoms with Gasteiger partial charge in [-0.05, 0) is 107 Å². The van der Waals surface area contributed by atoms with E-state index in [1.165, 1.54) is 13.2 Å². The normalized spacial score (nSPS) is 20.3. The number of fused-ring (bicyclic) bond motifs is 2. The Morgan fingerprint density at radius 2 is 1.68 bits per heavy atom. The van der Waals surface area contributed by atoms with Gasteiger partial charge in [-0.15, -0.1) is 0 Å². The molecule has 0 bridgehead atoms. The van der Waals surface area contributed by atoms with Crippen LogP contribution in [0.4, 0.5) is 27.5 Å². The highest BCUT2D eigenvalue weighted by Gasteiger charge is 2.47. The standard InChI is InChI=1S/C45H51FN10O7/c1-26(2)55-34-7-4-29(18-28(34)19-36(43(55)62)63-23-38(58)47-3)49-39-33(46)21-48-44(51-39)53-14-10-27(11-15-53)22-52-16-12-45(13-17-52)24-54(25-45)30-5-6-31-32(20-30)42(61)56(41(31)60)35-8-9-37(57)50-40(35)59/h4-7,18-21,26-27,35H,8-17,22-25H2,1-3H3,(H,47,58)(H,48,49,51)(H,50,57,59). The van der Waals surface area contributed by atoms with Crippen molar-refractivity contribution in [3.05, 3.63) is 76.0 Å². The van der Waals surface area contributed by atoms with E-state index in [0.717, 1.165) is 82.1 Å². The van der Waals surface area contributed by atoms with Crippen molar-refractivity contribution in [2.75, 3.05) is 74.6 Å². The van der Waals surface area contributed by atoms with Crippen molar-refractivity contribution in [1.82, 2.24) is 35.0 Å². The van der Waals surface area contributed by atoms with E-state index in [1.54, 1.807) is 41.0 Å².